The number of rotatable bonds is 7. The highest BCUT2D eigenvalue weighted by Crippen LogP contribution is 2.43. The second-order valence-electron chi connectivity index (χ2n) is 11.4. The Balaban J connectivity index is 1.41. The number of aromatic nitrogens is 2. The number of likely N-dealkylation sites (tertiary alicyclic amines) is 1. The number of benzene rings is 2. The maximum absolute atomic E-state index is 13.8. The molecule has 43 heavy (non-hydrogen) atoms. The van der Waals surface area contributed by atoms with Gasteiger partial charge in [0.25, 0.3) is 5.91 Å². The first-order chi connectivity index (χ1) is 20.8. The molecule has 4 heterocycles. The Bertz CT molecular complexity index is 1610. The number of hydrogen-bond acceptors (Lipinski definition) is 7. The van der Waals surface area contributed by atoms with Crippen molar-refractivity contribution in [3.05, 3.63) is 64.7 Å². The van der Waals surface area contributed by atoms with E-state index in [1.165, 1.54) is 15.4 Å². The largest absolute Gasteiger partial charge is 0.462 e. The van der Waals surface area contributed by atoms with Gasteiger partial charge in [-0.25, -0.2) is 11.0 Å². The highest BCUT2D eigenvalue weighted by molar-refractivity contribution is 7.99. The zero-order valence-electron chi connectivity index (χ0n) is 24.2. The number of likely N-dealkylation sites (N-methyl/N-ethyl adjacent to an activating group) is 1. The minimum Gasteiger partial charge on any atom is -0.462 e. The van der Waals surface area contributed by atoms with E-state index in [2.05, 4.69) is 41.6 Å². The summed E-state index contributed by atoms with van der Waals surface area (Å²) in [6.45, 7) is 13.1. The molecule has 3 aliphatic heterocycles. The van der Waals surface area contributed by atoms with Gasteiger partial charge in [-0.05, 0) is 68.3 Å². The number of thioether (sulfide) groups is 1. The minimum atomic E-state index is -1.02. The molecule has 0 saturated carbocycles. The number of carbonyl (C=O) groups is 1. The van der Waals surface area contributed by atoms with Gasteiger partial charge in [0.2, 0.25) is 6.54 Å². The zero-order chi connectivity index (χ0) is 30.1. The van der Waals surface area contributed by atoms with Gasteiger partial charge in [0.15, 0.2) is 5.83 Å². The van der Waals surface area contributed by atoms with E-state index < -0.39 is 17.8 Å². The summed E-state index contributed by atoms with van der Waals surface area (Å²) in [5.74, 6) is -0.101. The molecule has 2 atom stereocenters. The molecule has 0 N–H and O–H groups in total. The van der Waals surface area contributed by atoms with Crippen LogP contribution in [0.5, 0.6) is 6.01 Å². The number of piperazine rings is 1. The third kappa shape index (κ3) is 6.03. The third-order valence-corrected chi connectivity index (χ3v) is 10.2. The summed E-state index contributed by atoms with van der Waals surface area (Å²) in [5.41, 5.74) is 4.05. The van der Waals surface area contributed by atoms with E-state index in [1.807, 2.05) is 28.8 Å². The number of carbonyl (C=O) groups excluding carboxylic acids is 1. The predicted molar refractivity (Wildman–Crippen MR) is 170 cm³/mol. The number of halogens is 2. The Morgan fingerprint density at radius 2 is 2.07 bits per heavy atom. The van der Waals surface area contributed by atoms with Crippen LogP contribution < -0.4 is 9.64 Å². The fraction of sp³-hybridized carbons (Fsp3) is 0.438. The Labute approximate surface area is 260 Å². The van der Waals surface area contributed by atoms with Crippen LogP contribution in [0.2, 0.25) is 5.02 Å². The molecule has 1 amide bonds. The normalized spacial score (nSPS) is 20.6. The standard InChI is InChI=1S/C32H34ClFN6O2S/c1-20(34)31(41)40-13-12-39(18-23(40)17-35-2)30-26-15-27(33)25(24-10-4-7-21-8-6-14-43-29(21)24)16-28(26)36-32(37-30)42-19-22-9-5-11-38(22)3/h4,7,10,15-16,22-23H,1,5-6,8-9,11-14,17-19H2,3H3/t22-,23-/m0/s1. The average molecular weight is 621 g/mol. The molecule has 3 aromatic rings. The van der Waals surface area contributed by atoms with Gasteiger partial charge in [-0.3, -0.25) is 4.79 Å². The van der Waals surface area contributed by atoms with Crippen LogP contribution in [-0.4, -0.2) is 89.9 Å². The smallest absolute Gasteiger partial charge is 0.319 e. The second kappa shape index (κ2) is 12.7. The van der Waals surface area contributed by atoms with Gasteiger partial charge >= 0.3 is 6.01 Å². The summed E-state index contributed by atoms with van der Waals surface area (Å²) in [6.07, 6.45) is 4.40. The lowest BCUT2D eigenvalue weighted by Gasteiger charge is -2.39. The molecule has 0 unspecified atom stereocenters. The molecule has 8 nitrogen and oxygen atoms in total. The van der Waals surface area contributed by atoms with Gasteiger partial charge in [0.1, 0.15) is 18.5 Å². The van der Waals surface area contributed by atoms with Crippen LogP contribution >= 0.6 is 23.4 Å². The number of ether oxygens (including phenoxy) is 1. The van der Waals surface area contributed by atoms with Crippen molar-refractivity contribution < 1.29 is 13.9 Å². The van der Waals surface area contributed by atoms with E-state index in [1.54, 1.807) is 0 Å². The van der Waals surface area contributed by atoms with Crippen molar-refractivity contribution in [3.63, 3.8) is 0 Å². The lowest BCUT2D eigenvalue weighted by atomic mass is 9.99. The molecule has 0 aliphatic carbocycles. The molecule has 0 spiro atoms. The summed E-state index contributed by atoms with van der Waals surface area (Å²) in [6, 6.07) is 10.4. The average Bonchev–Trinajstić information content (AvgIpc) is 3.43. The molecule has 0 bridgehead atoms. The van der Waals surface area contributed by atoms with Crippen LogP contribution in [-0.2, 0) is 11.2 Å². The Hall–Kier alpha value is -3.39. The summed E-state index contributed by atoms with van der Waals surface area (Å²) in [5, 5.41) is 1.35. The second-order valence-corrected chi connectivity index (χ2v) is 12.9. The Morgan fingerprint density at radius 1 is 1.21 bits per heavy atom. The summed E-state index contributed by atoms with van der Waals surface area (Å²) in [4.78, 5) is 32.7. The highest BCUT2D eigenvalue weighted by Gasteiger charge is 2.35. The summed E-state index contributed by atoms with van der Waals surface area (Å²) < 4.78 is 20.0. The monoisotopic (exact) mass is 620 g/mol. The molecule has 2 aromatic carbocycles. The predicted octanol–water partition coefficient (Wildman–Crippen LogP) is 5.88. The topological polar surface area (TPSA) is 66.2 Å². The van der Waals surface area contributed by atoms with Crippen molar-refractivity contribution in [1.82, 2.24) is 19.8 Å². The summed E-state index contributed by atoms with van der Waals surface area (Å²) in [7, 11) is 2.10. The first-order valence-electron chi connectivity index (χ1n) is 14.7. The van der Waals surface area contributed by atoms with E-state index in [4.69, 9.17) is 32.9 Å². The first kappa shape index (κ1) is 29.7. The van der Waals surface area contributed by atoms with Gasteiger partial charge in [-0.2, -0.15) is 9.97 Å². The number of anilines is 1. The van der Waals surface area contributed by atoms with E-state index in [9.17, 15) is 9.18 Å². The molecule has 2 fully saturated rings. The molecule has 0 radical (unpaired) electrons. The molecule has 224 valence electrons. The van der Waals surface area contributed by atoms with Gasteiger partial charge in [-0.1, -0.05) is 36.4 Å². The first-order valence-corrected chi connectivity index (χ1v) is 16.0. The molecule has 6 rings (SSSR count). The molecular weight excluding hydrogens is 587 g/mol. The number of amides is 1. The van der Waals surface area contributed by atoms with Crippen LogP contribution in [0.1, 0.15) is 24.8 Å². The van der Waals surface area contributed by atoms with Crippen LogP contribution in [0.3, 0.4) is 0 Å². The van der Waals surface area contributed by atoms with Crippen molar-refractivity contribution >= 4 is 46.0 Å². The van der Waals surface area contributed by atoms with Crippen molar-refractivity contribution in [2.24, 2.45) is 0 Å². The van der Waals surface area contributed by atoms with Gasteiger partial charge in [0.05, 0.1) is 5.52 Å². The van der Waals surface area contributed by atoms with Crippen LogP contribution in [0.25, 0.3) is 26.9 Å². The Morgan fingerprint density at radius 3 is 2.84 bits per heavy atom. The molecule has 3 aliphatic rings. The van der Waals surface area contributed by atoms with E-state index >= 15 is 0 Å². The number of nitrogens with zero attached hydrogens (tertiary/aromatic N) is 6. The van der Waals surface area contributed by atoms with E-state index in [0.717, 1.165) is 54.5 Å². The maximum atomic E-state index is 13.8. The number of aryl methyl sites for hydroxylation is 1. The van der Waals surface area contributed by atoms with Crippen molar-refractivity contribution in [2.45, 2.75) is 42.7 Å². The Kier molecular flexibility index (Phi) is 8.75. The van der Waals surface area contributed by atoms with Crippen LogP contribution in [0.4, 0.5) is 10.2 Å². The van der Waals surface area contributed by atoms with Crippen molar-refractivity contribution in [1.29, 1.82) is 0 Å². The SMILES string of the molecule is [C-]#[N+]C[C@H]1CN(c2nc(OC[C@@H]3CCCN3C)nc3cc(-c4cccc5c4SCCC5)c(Cl)cc23)CCN1C(=O)C(=C)F. The molecular formula is C32H34ClFN6O2S. The fourth-order valence-corrected chi connectivity index (χ4v) is 7.77. The minimum absolute atomic E-state index is 0.0393. The number of fused-ring (bicyclic) bond motifs is 2. The van der Waals surface area contributed by atoms with Crippen LogP contribution in [0.15, 0.2) is 47.6 Å². The van der Waals surface area contributed by atoms with Crippen molar-refractivity contribution in [2.75, 3.05) is 57.0 Å². The van der Waals surface area contributed by atoms with Gasteiger partial charge < -0.3 is 24.3 Å². The quantitative estimate of drug-likeness (QED) is 0.241. The van der Waals surface area contributed by atoms with Gasteiger partial charge in [-0.15, -0.1) is 11.8 Å². The number of hydrogen-bond donors (Lipinski definition) is 0. The molecule has 1 aromatic heterocycles. The zero-order valence-corrected chi connectivity index (χ0v) is 25.8. The maximum Gasteiger partial charge on any atom is 0.319 e. The molecule has 11 heteroatoms. The van der Waals surface area contributed by atoms with Crippen LogP contribution in [0, 0.1) is 6.57 Å². The summed E-state index contributed by atoms with van der Waals surface area (Å²) >= 11 is 8.87. The fourth-order valence-electron chi connectivity index (χ4n) is 6.32. The van der Waals surface area contributed by atoms with Gasteiger partial charge in [0, 0.05) is 46.5 Å². The third-order valence-electron chi connectivity index (χ3n) is 8.62. The van der Waals surface area contributed by atoms with Crippen molar-refractivity contribution in [3.8, 4) is 17.1 Å². The highest BCUT2D eigenvalue weighted by atomic mass is 35.5. The lowest BCUT2D eigenvalue weighted by Crippen LogP contribution is -2.56. The van der Waals surface area contributed by atoms with E-state index in [0.29, 0.717) is 42.1 Å². The lowest BCUT2D eigenvalue weighted by molar-refractivity contribution is -0.131. The molecule has 2 saturated heterocycles. The van der Waals surface area contributed by atoms with E-state index in [-0.39, 0.29) is 19.1 Å².